The maximum Gasteiger partial charge on any atom is 0.408 e. The van der Waals surface area contributed by atoms with Crippen molar-refractivity contribution in [1.82, 2.24) is 15.5 Å². The van der Waals surface area contributed by atoms with Crippen LogP contribution in [0.2, 0.25) is 0 Å². The van der Waals surface area contributed by atoms with Crippen LogP contribution in [0.3, 0.4) is 0 Å². The minimum absolute atomic E-state index is 0.145. The number of aromatic nitrogens is 2. The molecule has 1 aromatic rings. The lowest BCUT2D eigenvalue weighted by Crippen LogP contribution is -2.43. The molecule has 1 unspecified atom stereocenters. The van der Waals surface area contributed by atoms with Crippen molar-refractivity contribution in [3.05, 3.63) is 24.0 Å². The van der Waals surface area contributed by atoms with Crippen molar-refractivity contribution < 1.29 is 18.0 Å². The van der Waals surface area contributed by atoms with Crippen LogP contribution in [0.1, 0.15) is 17.4 Å². The molecule has 4 nitrogen and oxygen atoms in total. The Kier molecular flexibility index (Phi) is 3.23. The van der Waals surface area contributed by atoms with Crippen LogP contribution in [0.15, 0.2) is 18.3 Å². The van der Waals surface area contributed by atoms with E-state index in [0.717, 1.165) is 6.92 Å². The van der Waals surface area contributed by atoms with E-state index < -0.39 is 18.1 Å². The van der Waals surface area contributed by atoms with Gasteiger partial charge in [-0.3, -0.25) is 4.79 Å². The Morgan fingerprint density at radius 2 is 2.20 bits per heavy atom. The molecule has 7 heteroatoms. The van der Waals surface area contributed by atoms with E-state index in [9.17, 15) is 18.0 Å². The Morgan fingerprint density at radius 3 is 2.67 bits per heavy atom. The van der Waals surface area contributed by atoms with Crippen LogP contribution in [0.5, 0.6) is 0 Å². The van der Waals surface area contributed by atoms with E-state index in [-0.39, 0.29) is 5.69 Å². The van der Waals surface area contributed by atoms with E-state index in [1.54, 1.807) is 5.32 Å². The fourth-order valence-corrected chi connectivity index (χ4v) is 0.775. The lowest BCUT2D eigenvalue weighted by atomic mass is 10.3. The highest BCUT2D eigenvalue weighted by atomic mass is 19.4. The zero-order valence-corrected chi connectivity index (χ0v) is 7.75. The first-order valence-corrected chi connectivity index (χ1v) is 4.06. The van der Waals surface area contributed by atoms with E-state index in [1.165, 1.54) is 18.3 Å². The van der Waals surface area contributed by atoms with Crippen LogP contribution in [0.4, 0.5) is 13.2 Å². The summed E-state index contributed by atoms with van der Waals surface area (Å²) >= 11 is 0. The number of halogens is 3. The largest absolute Gasteiger partial charge is 0.408 e. The van der Waals surface area contributed by atoms with E-state index in [4.69, 9.17) is 0 Å². The van der Waals surface area contributed by atoms with Gasteiger partial charge in [0.25, 0.3) is 5.91 Å². The number of carbonyl (C=O) groups excluding carboxylic acids is 1. The summed E-state index contributed by atoms with van der Waals surface area (Å²) in [4.78, 5) is 11.2. The van der Waals surface area contributed by atoms with Gasteiger partial charge >= 0.3 is 6.18 Å². The minimum atomic E-state index is -4.46. The zero-order valence-electron chi connectivity index (χ0n) is 7.75. The van der Waals surface area contributed by atoms with Gasteiger partial charge in [0.15, 0.2) is 5.69 Å². The summed E-state index contributed by atoms with van der Waals surface area (Å²) in [5.74, 6) is -0.895. The van der Waals surface area contributed by atoms with Crippen molar-refractivity contribution >= 4 is 5.91 Å². The molecule has 15 heavy (non-hydrogen) atoms. The van der Waals surface area contributed by atoms with Gasteiger partial charge in [-0.15, -0.1) is 5.10 Å². The first kappa shape index (κ1) is 11.4. The van der Waals surface area contributed by atoms with Crippen molar-refractivity contribution in [3.8, 4) is 0 Å². The number of alkyl halides is 3. The van der Waals surface area contributed by atoms with Gasteiger partial charge in [0.2, 0.25) is 0 Å². The molecule has 0 spiro atoms. The Hall–Kier alpha value is -1.66. The third-order valence-corrected chi connectivity index (χ3v) is 1.64. The normalized spacial score (nSPS) is 13.3. The molecule has 0 saturated carbocycles. The molecule has 1 atom stereocenters. The smallest absolute Gasteiger partial charge is 0.339 e. The molecular formula is C8H8F3N3O. The molecule has 1 aromatic heterocycles. The predicted molar refractivity (Wildman–Crippen MR) is 45.0 cm³/mol. The highest BCUT2D eigenvalue weighted by Crippen LogP contribution is 2.19. The first-order chi connectivity index (χ1) is 6.91. The molecule has 1 amide bonds. The Labute approximate surface area is 83.5 Å². The minimum Gasteiger partial charge on any atom is -0.339 e. The summed E-state index contributed by atoms with van der Waals surface area (Å²) in [6.45, 7) is 0.855. The number of hydrogen-bond donors (Lipinski definition) is 1. The van der Waals surface area contributed by atoms with Crippen LogP contribution in [0.25, 0.3) is 0 Å². The number of hydrogen-bond acceptors (Lipinski definition) is 3. The van der Waals surface area contributed by atoms with Crippen LogP contribution >= 0.6 is 0 Å². The van der Waals surface area contributed by atoms with E-state index in [0.29, 0.717) is 0 Å². The molecule has 0 aliphatic rings. The Bertz CT molecular complexity index is 339. The van der Waals surface area contributed by atoms with Crippen molar-refractivity contribution in [3.63, 3.8) is 0 Å². The molecule has 0 saturated heterocycles. The van der Waals surface area contributed by atoms with E-state index >= 15 is 0 Å². The summed E-state index contributed by atoms with van der Waals surface area (Å²) in [6.07, 6.45) is -3.14. The Balaban J connectivity index is 2.65. The van der Waals surface area contributed by atoms with Crippen molar-refractivity contribution in [2.24, 2.45) is 0 Å². The zero-order chi connectivity index (χ0) is 11.5. The summed E-state index contributed by atoms with van der Waals surface area (Å²) in [7, 11) is 0. The van der Waals surface area contributed by atoms with Crippen molar-refractivity contribution in [2.45, 2.75) is 19.1 Å². The second-order valence-electron chi connectivity index (χ2n) is 2.85. The molecule has 0 aliphatic carbocycles. The molecule has 0 fully saturated rings. The molecule has 0 aliphatic heterocycles. The highest BCUT2D eigenvalue weighted by Gasteiger charge is 2.37. The number of amides is 1. The molecule has 1 heterocycles. The quantitative estimate of drug-likeness (QED) is 0.811. The molecule has 1 N–H and O–H groups in total. The predicted octanol–water partition coefficient (Wildman–Crippen LogP) is 1.16. The topological polar surface area (TPSA) is 54.9 Å². The van der Waals surface area contributed by atoms with Gasteiger partial charge in [0.1, 0.15) is 6.04 Å². The van der Waals surface area contributed by atoms with Crippen molar-refractivity contribution in [1.29, 1.82) is 0 Å². The number of nitrogens with zero attached hydrogens (tertiary/aromatic N) is 2. The third kappa shape index (κ3) is 3.19. The summed E-state index contributed by atoms with van der Waals surface area (Å²) in [5.41, 5.74) is -0.145. The van der Waals surface area contributed by atoms with Gasteiger partial charge in [0, 0.05) is 6.20 Å². The molecule has 0 aromatic carbocycles. The van der Waals surface area contributed by atoms with E-state index in [1.807, 2.05) is 0 Å². The molecular weight excluding hydrogens is 211 g/mol. The summed E-state index contributed by atoms with van der Waals surface area (Å²) in [6, 6.07) is 0.790. The third-order valence-electron chi connectivity index (χ3n) is 1.64. The van der Waals surface area contributed by atoms with E-state index in [2.05, 4.69) is 10.2 Å². The summed E-state index contributed by atoms with van der Waals surface area (Å²) < 4.78 is 36.2. The second-order valence-corrected chi connectivity index (χ2v) is 2.85. The SMILES string of the molecule is CC(NC(=O)c1cccnn1)C(F)(F)F. The number of rotatable bonds is 2. The van der Waals surface area contributed by atoms with Crippen molar-refractivity contribution in [2.75, 3.05) is 0 Å². The van der Waals surface area contributed by atoms with Crippen LogP contribution < -0.4 is 5.32 Å². The maximum atomic E-state index is 12.1. The second kappa shape index (κ2) is 4.24. The molecule has 0 radical (unpaired) electrons. The Morgan fingerprint density at radius 1 is 1.53 bits per heavy atom. The van der Waals surface area contributed by atoms with Gasteiger partial charge in [-0.2, -0.15) is 18.3 Å². The average molecular weight is 219 g/mol. The lowest BCUT2D eigenvalue weighted by molar-refractivity contribution is -0.149. The number of carbonyl (C=O) groups is 1. The molecule has 0 bridgehead atoms. The highest BCUT2D eigenvalue weighted by molar-refractivity contribution is 5.92. The maximum absolute atomic E-state index is 12.1. The molecule has 1 rings (SSSR count). The van der Waals surface area contributed by atoms with Gasteiger partial charge in [-0.25, -0.2) is 0 Å². The average Bonchev–Trinajstić information content (AvgIpc) is 2.17. The van der Waals surface area contributed by atoms with Gasteiger partial charge in [-0.05, 0) is 19.1 Å². The van der Waals surface area contributed by atoms with Gasteiger partial charge in [-0.1, -0.05) is 0 Å². The van der Waals surface area contributed by atoms with Gasteiger partial charge < -0.3 is 5.32 Å². The van der Waals surface area contributed by atoms with Crippen LogP contribution in [-0.4, -0.2) is 28.3 Å². The molecule has 82 valence electrons. The standard InChI is InChI=1S/C8H8F3N3O/c1-5(8(9,10)11)13-7(15)6-3-2-4-12-14-6/h2-5H,1H3,(H,13,15). The van der Waals surface area contributed by atoms with Crippen LogP contribution in [-0.2, 0) is 0 Å². The fraction of sp³-hybridized carbons (Fsp3) is 0.375. The van der Waals surface area contributed by atoms with Gasteiger partial charge in [0.05, 0.1) is 0 Å². The lowest BCUT2D eigenvalue weighted by Gasteiger charge is -2.16. The van der Waals surface area contributed by atoms with Crippen LogP contribution in [0, 0.1) is 0 Å². The number of nitrogens with one attached hydrogen (secondary N) is 1. The summed E-state index contributed by atoms with van der Waals surface area (Å²) in [5, 5.41) is 8.54. The first-order valence-electron chi connectivity index (χ1n) is 4.06. The fourth-order valence-electron chi connectivity index (χ4n) is 0.775. The monoisotopic (exact) mass is 219 g/mol.